The standard InChI is InChI=1S/C31H29N4/c1-18-14-16-25-28(20(18)3)35(30-32-27-19(2)10-9-13-24(27)34(25)30)26-17-15-22-21-11-7-8-12-23(21)31(4,5)29(22)33(26)6/h7-17H,1-6H3/q+1. The van der Waals surface area contributed by atoms with Gasteiger partial charge < -0.3 is 0 Å². The summed E-state index contributed by atoms with van der Waals surface area (Å²) in [4.78, 5) is 5.22. The first-order chi connectivity index (χ1) is 16.8. The Labute approximate surface area is 205 Å². The van der Waals surface area contributed by atoms with Gasteiger partial charge >= 0.3 is 5.78 Å². The average molecular weight is 458 g/mol. The van der Waals surface area contributed by atoms with Crippen LogP contribution in [0, 0.1) is 20.8 Å². The summed E-state index contributed by atoms with van der Waals surface area (Å²) in [6, 6.07) is 24.3. The van der Waals surface area contributed by atoms with E-state index in [1.54, 1.807) is 0 Å². The Morgan fingerprint density at radius 1 is 0.771 bits per heavy atom. The molecule has 172 valence electrons. The van der Waals surface area contributed by atoms with Gasteiger partial charge in [-0.2, -0.15) is 9.55 Å². The highest BCUT2D eigenvalue weighted by Crippen LogP contribution is 2.47. The molecule has 0 unspecified atom stereocenters. The van der Waals surface area contributed by atoms with Crippen molar-refractivity contribution in [1.82, 2.24) is 14.0 Å². The van der Waals surface area contributed by atoms with Crippen molar-refractivity contribution in [2.45, 2.75) is 40.0 Å². The number of aryl methyl sites for hydroxylation is 3. The van der Waals surface area contributed by atoms with E-state index in [9.17, 15) is 0 Å². The summed E-state index contributed by atoms with van der Waals surface area (Å²) >= 11 is 0. The summed E-state index contributed by atoms with van der Waals surface area (Å²) in [6.45, 7) is 11.3. The molecule has 0 fully saturated rings. The van der Waals surface area contributed by atoms with Gasteiger partial charge in [-0.25, -0.2) is 4.57 Å². The van der Waals surface area contributed by atoms with Crippen LogP contribution in [0.5, 0.6) is 0 Å². The molecule has 0 bridgehead atoms. The molecule has 6 aromatic rings. The van der Waals surface area contributed by atoms with Crippen LogP contribution in [0.15, 0.2) is 66.7 Å². The van der Waals surface area contributed by atoms with E-state index in [0.717, 1.165) is 22.6 Å². The van der Waals surface area contributed by atoms with Crippen molar-refractivity contribution in [2.24, 2.45) is 7.05 Å². The lowest BCUT2D eigenvalue weighted by Crippen LogP contribution is -2.43. The molecule has 4 nitrogen and oxygen atoms in total. The topological polar surface area (TPSA) is 26.1 Å². The molecule has 0 N–H and O–H groups in total. The van der Waals surface area contributed by atoms with E-state index in [1.807, 2.05) is 0 Å². The monoisotopic (exact) mass is 457 g/mol. The molecule has 0 aliphatic heterocycles. The predicted molar refractivity (Wildman–Crippen MR) is 142 cm³/mol. The lowest BCUT2D eigenvalue weighted by molar-refractivity contribution is -0.675. The van der Waals surface area contributed by atoms with Crippen LogP contribution < -0.4 is 4.57 Å². The van der Waals surface area contributed by atoms with Crippen LogP contribution in [-0.4, -0.2) is 14.0 Å². The minimum Gasteiger partial charge on any atom is -0.254 e. The second-order valence-electron chi connectivity index (χ2n) is 10.6. The normalized spacial score (nSPS) is 14.2. The molecule has 3 heterocycles. The van der Waals surface area contributed by atoms with Crippen molar-refractivity contribution in [2.75, 3.05) is 0 Å². The van der Waals surface area contributed by atoms with E-state index in [1.165, 1.54) is 50.1 Å². The zero-order chi connectivity index (χ0) is 24.2. The first-order valence-corrected chi connectivity index (χ1v) is 12.3. The number of rotatable bonds is 1. The quantitative estimate of drug-likeness (QED) is 0.259. The number of para-hydroxylation sites is 1. The Hall–Kier alpha value is -3.92. The van der Waals surface area contributed by atoms with Gasteiger partial charge in [0.2, 0.25) is 0 Å². The number of fused-ring (bicyclic) bond motifs is 8. The maximum atomic E-state index is 5.22. The number of imidazole rings is 2. The highest BCUT2D eigenvalue weighted by atomic mass is 15.3. The number of pyridine rings is 1. The average Bonchev–Trinajstić information content (AvgIpc) is 3.44. The summed E-state index contributed by atoms with van der Waals surface area (Å²) in [5.74, 6) is 2.09. The molecule has 3 aromatic carbocycles. The summed E-state index contributed by atoms with van der Waals surface area (Å²) in [6.07, 6.45) is 0. The van der Waals surface area contributed by atoms with Crippen LogP contribution in [0.25, 0.3) is 44.8 Å². The number of aromatic nitrogens is 4. The fourth-order valence-electron chi connectivity index (χ4n) is 6.41. The molecular weight excluding hydrogens is 428 g/mol. The van der Waals surface area contributed by atoms with Gasteiger partial charge in [0.15, 0.2) is 5.52 Å². The number of hydrogen-bond acceptors (Lipinski definition) is 1. The lowest BCUT2D eigenvalue weighted by atomic mass is 9.85. The molecule has 0 saturated heterocycles. The van der Waals surface area contributed by atoms with Crippen LogP contribution in [0.1, 0.15) is 41.8 Å². The maximum absolute atomic E-state index is 5.22. The minimum absolute atomic E-state index is 0.0857. The van der Waals surface area contributed by atoms with Gasteiger partial charge in [0, 0.05) is 17.2 Å². The van der Waals surface area contributed by atoms with Gasteiger partial charge in [0.05, 0.1) is 29.0 Å². The molecular formula is C31H29N4+. The van der Waals surface area contributed by atoms with Crippen LogP contribution in [0.4, 0.5) is 0 Å². The molecule has 7 rings (SSSR count). The van der Waals surface area contributed by atoms with E-state index >= 15 is 0 Å². The zero-order valence-electron chi connectivity index (χ0n) is 21.1. The lowest BCUT2D eigenvalue weighted by Gasteiger charge is -2.21. The second-order valence-corrected chi connectivity index (χ2v) is 10.6. The number of nitrogens with zero attached hydrogens (tertiary/aromatic N) is 4. The predicted octanol–water partition coefficient (Wildman–Crippen LogP) is 6.49. The van der Waals surface area contributed by atoms with Crippen LogP contribution in [0.3, 0.4) is 0 Å². The largest absolute Gasteiger partial charge is 0.312 e. The van der Waals surface area contributed by atoms with E-state index in [2.05, 4.69) is 122 Å². The zero-order valence-corrected chi connectivity index (χ0v) is 21.1. The maximum Gasteiger partial charge on any atom is 0.312 e. The second kappa shape index (κ2) is 6.60. The van der Waals surface area contributed by atoms with Crippen molar-refractivity contribution >= 4 is 27.8 Å². The van der Waals surface area contributed by atoms with Gasteiger partial charge in [0.1, 0.15) is 5.69 Å². The fraction of sp³-hybridized carbons (Fsp3) is 0.226. The van der Waals surface area contributed by atoms with Crippen LogP contribution in [-0.2, 0) is 12.5 Å². The van der Waals surface area contributed by atoms with E-state index in [4.69, 9.17) is 4.98 Å². The molecule has 0 saturated carbocycles. The third kappa shape index (κ3) is 2.42. The Kier molecular flexibility index (Phi) is 3.86. The van der Waals surface area contributed by atoms with Gasteiger partial charge in [-0.15, -0.1) is 0 Å². The Bertz CT molecular complexity index is 1860. The van der Waals surface area contributed by atoms with Gasteiger partial charge in [-0.3, -0.25) is 4.40 Å². The van der Waals surface area contributed by atoms with Crippen molar-refractivity contribution in [3.63, 3.8) is 0 Å². The Morgan fingerprint density at radius 3 is 2.40 bits per heavy atom. The highest BCUT2D eigenvalue weighted by Gasteiger charge is 2.41. The number of benzene rings is 3. The van der Waals surface area contributed by atoms with Gasteiger partial charge in [-0.1, -0.05) is 42.5 Å². The third-order valence-electron chi connectivity index (χ3n) is 8.26. The van der Waals surface area contributed by atoms with Gasteiger partial charge in [-0.05, 0) is 75.1 Å². The molecule has 35 heavy (non-hydrogen) atoms. The smallest absolute Gasteiger partial charge is 0.254 e. The van der Waals surface area contributed by atoms with Crippen molar-refractivity contribution < 1.29 is 4.57 Å². The van der Waals surface area contributed by atoms with E-state index in [-0.39, 0.29) is 5.41 Å². The molecule has 0 radical (unpaired) electrons. The molecule has 0 atom stereocenters. The highest BCUT2D eigenvalue weighted by molar-refractivity contribution is 5.94. The van der Waals surface area contributed by atoms with Crippen molar-refractivity contribution in [3.05, 3.63) is 94.7 Å². The SMILES string of the molecule is Cc1ccc2c(c1C)n(-c1ccc3c([n+]1C)C(C)(C)c1ccccc1-3)c1nc3c(C)cccc3n21. The summed E-state index contributed by atoms with van der Waals surface area (Å²) in [7, 11) is 2.21. The fourth-order valence-corrected chi connectivity index (χ4v) is 6.41. The molecule has 4 heteroatoms. The molecule has 0 spiro atoms. The van der Waals surface area contributed by atoms with Crippen LogP contribution in [0.2, 0.25) is 0 Å². The molecule has 3 aromatic heterocycles. The summed E-state index contributed by atoms with van der Waals surface area (Å²) in [5, 5.41) is 0. The minimum atomic E-state index is -0.0857. The summed E-state index contributed by atoms with van der Waals surface area (Å²) < 4.78 is 7.09. The van der Waals surface area contributed by atoms with Crippen molar-refractivity contribution in [3.8, 4) is 16.9 Å². The van der Waals surface area contributed by atoms with E-state index < -0.39 is 0 Å². The Morgan fingerprint density at radius 2 is 1.57 bits per heavy atom. The van der Waals surface area contributed by atoms with Crippen molar-refractivity contribution in [1.29, 1.82) is 0 Å². The molecule has 1 aliphatic carbocycles. The first kappa shape index (κ1) is 20.5. The number of hydrogen-bond donors (Lipinski definition) is 0. The first-order valence-electron chi connectivity index (χ1n) is 12.3. The summed E-state index contributed by atoms with van der Waals surface area (Å²) in [5.41, 5.74) is 13.7. The van der Waals surface area contributed by atoms with Gasteiger partial charge in [0.25, 0.3) is 5.82 Å². The van der Waals surface area contributed by atoms with E-state index in [0.29, 0.717) is 0 Å². The third-order valence-corrected chi connectivity index (χ3v) is 8.26. The Balaban J connectivity index is 1.65. The molecule has 1 aliphatic rings. The molecule has 0 amide bonds. The van der Waals surface area contributed by atoms with Crippen LogP contribution >= 0.6 is 0 Å².